The van der Waals surface area contributed by atoms with E-state index in [1.165, 1.54) is 35.5 Å². The summed E-state index contributed by atoms with van der Waals surface area (Å²) in [4.78, 5) is 7.95. The molecule has 0 spiro atoms. The molecule has 3 aliphatic rings. The Kier molecular flexibility index (Phi) is 4.18. The van der Waals surface area contributed by atoms with Crippen molar-refractivity contribution in [3.8, 4) is 5.69 Å². The third kappa shape index (κ3) is 3.59. The van der Waals surface area contributed by atoms with Gasteiger partial charge in [-0.25, -0.2) is 0 Å². The third-order valence-corrected chi connectivity index (χ3v) is 7.10. The van der Waals surface area contributed by atoms with Crippen LogP contribution >= 0.6 is 0 Å². The summed E-state index contributed by atoms with van der Waals surface area (Å²) in [7, 11) is 0. The largest absolute Gasteiger partial charge is 4.00 e. The maximum absolute atomic E-state index is 7.80. The molecular formula is C32H24N6Pt. The van der Waals surface area contributed by atoms with Gasteiger partial charge in [0.2, 0.25) is 0 Å². The number of benzene rings is 4. The fraction of sp³-hybridized carbons (Fsp3) is 0.0625. The first kappa shape index (κ1) is 18.2. The van der Waals surface area contributed by atoms with Crippen LogP contribution in [-0.2, 0) is 21.1 Å². The summed E-state index contributed by atoms with van der Waals surface area (Å²) in [5, 5.41) is 2.24. The van der Waals surface area contributed by atoms with Crippen molar-refractivity contribution in [2.24, 2.45) is 0 Å². The minimum Gasteiger partial charge on any atom is -0.510 e. The normalized spacial score (nSPS) is 18.5. The quantitative estimate of drug-likeness (QED) is 0.189. The van der Waals surface area contributed by atoms with Crippen LogP contribution < -0.4 is 14.7 Å². The van der Waals surface area contributed by atoms with Gasteiger partial charge in [0, 0.05) is 24.5 Å². The third-order valence-electron chi connectivity index (χ3n) is 7.10. The molecule has 4 aromatic carbocycles. The average Bonchev–Trinajstić information content (AvgIpc) is 3.76. The Bertz CT molecular complexity index is 2020. The van der Waals surface area contributed by atoms with Crippen molar-refractivity contribution in [3.63, 3.8) is 0 Å². The van der Waals surface area contributed by atoms with Crippen LogP contribution in [0, 0.1) is 25.5 Å². The summed E-state index contributed by atoms with van der Waals surface area (Å²) in [5.74, 6) is 0. The summed E-state index contributed by atoms with van der Waals surface area (Å²) in [6, 6.07) is 31.3. The Morgan fingerprint density at radius 3 is 2.10 bits per heavy atom. The number of hydrogen-bond donors (Lipinski definition) is 0. The van der Waals surface area contributed by atoms with Crippen molar-refractivity contribution in [1.29, 1.82) is 0 Å². The summed E-state index contributed by atoms with van der Waals surface area (Å²) in [5.41, 5.74) is 6.80. The van der Waals surface area contributed by atoms with Crippen molar-refractivity contribution in [1.82, 2.24) is 14.4 Å². The zero-order valence-electron chi connectivity index (χ0n) is 26.4. The van der Waals surface area contributed by atoms with E-state index in [0.717, 1.165) is 44.6 Å². The maximum Gasteiger partial charge on any atom is 4.00 e. The second-order valence-corrected chi connectivity index (χ2v) is 9.32. The minimum atomic E-state index is -2.30. The number of anilines is 5. The summed E-state index contributed by atoms with van der Waals surface area (Å²) < 4.78 is 48.9. The molecule has 0 atom stereocenters. The summed E-state index contributed by atoms with van der Waals surface area (Å²) in [6.07, 6.45) is 6.44. The molecule has 0 aliphatic carbocycles. The van der Waals surface area contributed by atoms with Crippen LogP contribution in [0.2, 0.25) is 0 Å². The van der Waals surface area contributed by atoms with E-state index >= 15 is 0 Å². The van der Waals surface area contributed by atoms with Crippen LogP contribution in [0.3, 0.4) is 0 Å². The van der Waals surface area contributed by atoms with Crippen LogP contribution in [0.25, 0.3) is 27.5 Å². The van der Waals surface area contributed by atoms with Crippen LogP contribution in [0.5, 0.6) is 0 Å². The number of hydrogen-bond acceptors (Lipinski definition) is 5. The van der Waals surface area contributed by atoms with E-state index in [-0.39, 0.29) is 21.1 Å². The van der Waals surface area contributed by atoms with Gasteiger partial charge in [-0.05, 0) is 62.3 Å². The molecule has 0 N–H and O–H groups in total. The van der Waals surface area contributed by atoms with Gasteiger partial charge >= 0.3 is 21.1 Å². The average molecular weight is 694 g/mol. The van der Waals surface area contributed by atoms with E-state index in [4.69, 9.17) is 8.22 Å². The van der Waals surface area contributed by atoms with E-state index in [1.807, 2.05) is 48.5 Å². The first-order chi connectivity index (χ1) is 21.1. The molecule has 39 heavy (non-hydrogen) atoms. The van der Waals surface area contributed by atoms with E-state index in [0.29, 0.717) is 11.4 Å². The van der Waals surface area contributed by atoms with Gasteiger partial charge in [-0.3, -0.25) is 0 Å². The van der Waals surface area contributed by atoms with Gasteiger partial charge in [0.05, 0.1) is 11.2 Å². The van der Waals surface area contributed by atoms with Crippen LogP contribution in [-0.4, -0.2) is 28.3 Å². The Labute approximate surface area is 250 Å². The SMILES string of the molecule is [2H]C([2H])([2H])N1C=CN(c2[c-]c(N3c4[c-]c(N5C=CN(C([2H])([2H])[2H])[CH-]5)ccc4-n4c5ccccc5c5cccc3c54)ccc2)[CH-]1.[Pt+4]. The monoisotopic (exact) mass is 693 g/mol. The Balaban J connectivity index is 0.00000325. The molecule has 0 fully saturated rings. The molecule has 0 radical (unpaired) electrons. The molecule has 4 heterocycles. The first-order valence-electron chi connectivity index (χ1n) is 15.2. The molecule has 5 aromatic rings. The van der Waals surface area contributed by atoms with Crippen molar-refractivity contribution in [3.05, 3.63) is 123 Å². The first-order valence-corrected chi connectivity index (χ1v) is 12.2. The van der Waals surface area contributed by atoms with Gasteiger partial charge in [-0.1, -0.05) is 36.0 Å². The Morgan fingerprint density at radius 1 is 0.641 bits per heavy atom. The number of para-hydroxylation sites is 2. The molecule has 1 aromatic heterocycles. The molecule has 192 valence electrons. The zero-order chi connectivity index (χ0) is 30.4. The molecule has 6 nitrogen and oxygen atoms in total. The maximum atomic E-state index is 7.80. The molecule has 0 saturated carbocycles. The second kappa shape index (κ2) is 8.96. The van der Waals surface area contributed by atoms with Crippen molar-refractivity contribution in [2.75, 3.05) is 28.7 Å². The van der Waals surface area contributed by atoms with Crippen molar-refractivity contribution < 1.29 is 29.3 Å². The van der Waals surface area contributed by atoms with Crippen LogP contribution in [0.4, 0.5) is 28.4 Å². The molecule has 3 aliphatic heterocycles. The fourth-order valence-electron chi connectivity index (χ4n) is 5.49. The number of nitrogens with zero attached hydrogens (tertiary/aromatic N) is 6. The van der Waals surface area contributed by atoms with Gasteiger partial charge in [0.1, 0.15) is 0 Å². The Hall–Kier alpha value is -4.15. The van der Waals surface area contributed by atoms with Gasteiger partial charge < -0.3 is 29.1 Å². The van der Waals surface area contributed by atoms with Gasteiger partial charge in [-0.15, -0.1) is 47.8 Å². The number of rotatable bonds is 3. The van der Waals surface area contributed by atoms with E-state index in [1.54, 1.807) is 22.2 Å². The van der Waals surface area contributed by atoms with Crippen LogP contribution in [0.1, 0.15) is 8.22 Å². The molecule has 8 rings (SSSR count). The van der Waals surface area contributed by atoms with E-state index in [9.17, 15) is 0 Å². The molecule has 0 unspecified atom stereocenters. The Morgan fingerprint density at radius 2 is 1.33 bits per heavy atom. The number of fused-ring (bicyclic) bond motifs is 5. The smallest absolute Gasteiger partial charge is 0.510 e. The fourth-order valence-corrected chi connectivity index (χ4v) is 5.49. The topological polar surface area (TPSA) is 21.1 Å². The predicted octanol–water partition coefficient (Wildman–Crippen LogP) is 6.85. The van der Waals surface area contributed by atoms with Crippen molar-refractivity contribution >= 4 is 50.2 Å². The summed E-state index contributed by atoms with van der Waals surface area (Å²) in [6.45, 7) is -1.53. The molecule has 0 bridgehead atoms. The van der Waals surface area contributed by atoms with Crippen molar-refractivity contribution in [2.45, 2.75) is 0 Å². The molecule has 0 amide bonds. The molecule has 0 saturated heterocycles. The second-order valence-electron chi connectivity index (χ2n) is 9.32. The van der Waals surface area contributed by atoms with Gasteiger partial charge in [0.25, 0.3) is 0 Å². The number of aromatic nitrogens is 1. The zero-order valence-corrected chi connectivity index (χ0v) is 22.7. The van der Waals surface area contributed by atoms with Gasteiger partial charge in [0.15, 0.2) is 0 Å². The van der Waals surface area contributed by atoms with Gasteiger partial charge in [-0.2, -0.15) is 19.4 Å². The predicted molar refractivity (Wildman–Crippen MR) is 154 cm³/mol. The molecule has 7 heteroatoms. The van der Waals surface area contributed by atoms with E-state index < -0.39 is 14.0 Å². The summed E-state index contributed by atoms with van der Waals surface area (Å²) >= 11 is 0. The standard InChI is InChI=1S/C32H24N6.Pt/c1-33-15-17-35(21-33)23-7-5-8-25(19-23)37-30-12-6-10-27-26-9-3-4-11-28(26)38(32(27)30)29-14-13-24(20-31(29)37)36-18-16-34(2)22-36;/h3-18,21-22H,1-2H3;/q-4;+4/i1D3,2D3;. The minimum absolute atomic E-state index is 0. The molecular weight excluding hydrogens is 663 g/mol. The van der Waals surface area contributed by atoms with E-state index in [2.05, 4.69) is 45.9 Å². The van der Waals surface area contributed by atoms with Crippen LogP contribution in [0.15, 0.2) is 97.6 Å².